The fourth-order valence-corrected chi connectivity index (χ4v) is 1.08. The summed E-state index contributed by atoms with van der Waals surface area (Å²) in [6.07, 6.45) is 0. The van der Waals surface area contributed by atoms with Gasteiger partial charge in [-0.2, -0.15) is 0 Å². The van der Waals surface area contributed by atoms with E-state index in [0.29, 0.717) is 0 Å². The number of nitrogen functional groups attached to an aromatic ring is 1. The molecule has 1 aromatic carbocycles. The Morgan fingerprint density at radius 2 is 2.08 bits per heavy atom. The molecule has 0 aliphatic carbocycles. The molecule has 0 heterocycles. The first-order chi connectivity index (χ1) is 5.57. The first-order valence-electron chi connectivity index (χ1n) is 3.05. The largest absolute Gasteiger partial charge is 0.494 e. The third-order valence-corrected chi connectivity index (χ3v) is 2.11. The van der Waals surface area contributed by atoms with Gasteiger partial charge >= 0.3 is 0 Å². The molecule has 0 spiro atoms. The van der Waals surface area contributed by atoms with Crippen molar-refractivity contribution >= 4 is 21.6 Å². The lowest BCUT2D eigenvalue weighted by molar-refractivity contribution is 0.409. The highest BCUT2D eigenvalue weighted by Gasteiger charge is 2.14. The molecular weight excluding hydrogens is 232 g/mol. The molecule has 5 heteroatoms. The zero-order valence-electron chi connectivity index (χ0n) is 6.20. The van der Waals surface area contributed by atoms with Crippen LogP contribution in [0.15, 0.2) is 10.5 Å². The number of ether oxygens (including phenoxy) is 1. The van der Waals surface area contributed by atoms with Gasteiger partial charge in [0.2, 0.25) is 0 Å². The van der Waals surface area contributed by atoms with Crippen LogP contribution >= 0.6 is 15.9 Å². The van der Waals surface area contributed by atoms with Gasteiger partial charge in [0.1, 0.15) is 17.3 Å². The summed E-state index contributed by atoms with van der Waals surface area (Å²) in [6.45, 7) is 0. The van der Waals surface area contributed by atoms with E-state index in [-0.39, 0.29) is 15.9 Å². The first kappa shape index (κ1) is 9.25. The lowest BCUT2D eigenvalue weighted by atomic mass is 10.3. The van der Waals surface area contributed by atoms with Crippen molar-refractivity contribution in [3.8, 4) is 5.75 Å². The highest BCUT2D eigenvalue weighted by Crippen LogP contribution is 2.32. The number of anilines is 1. The summed E-state index contributed by atoms with van der Waals surface area (Å²) in [5.74, 6) is -1.58. The predicted octanol–water partition coefficient (Wildman–Crippen LogP) is 2.32. The highest BCUT2D eigenvalue weighted by atomic mass is 79.9. The molecule has 0 saturated carbocycles. The average molecular weight is 238 g/mol. The second-order valence-electron chi connectivity index (χ2n) is 2.10. The normalized spacial score (nSPS) is 10.0. The van der Waals surface area contributed by atoms with Crippen molar-refractivity contribution < 1.29 is 13.5 Å². The molecule has 0 saturated heterocycles. The van der Waals surface area contributed by atoms with Crippen molar-refractivity contribution in [3.05, 3.63) is 22.2 Å². The standard InChI is InChI=1S/C7H6BrF2NO/c1-12-4-2-3(9)5(8)6(10)7(4)11/h2H,11H2,1H3. The Morgan fingerprint density at radius 1 is 1.50 bits per heavy atom. The maximum absolute atomic E-state index is 12.9. The van der Waals surface area contributed by atoms with Crippen LogP contribution in [0.5, 0.6) is 5.75 Å². The van der Waals surface area contributed by atoms with E-state index in [0.717, 1.165) is 6.07 Å². The lowest BCUT2D eigenvalue weighted by Gasteiger charge is -2.06. The van der Waals surface area contributed by atoms with Crippen LogP contribution in [0.3, 0.4) is 0 Å². The summed E-state index contributed by atoms with van der Waals surface area (Å²) < 4.78 is 30.1. The minimum absolute atomic E-state index is 0.00630. The smallest absolute Gasteiger partial charge is 0.167 e. The van der Waals surface area contributed by atoms with Crippen molar-refractivity contribution in [1.82, 2.24) is 0 Å². The molecule has 12 heavy (non-hydrogen) atoms. The molecule has 0 radical (unpaired) electrons. The Hall–Kier alpha value is -0.840. The molecule has 1 aromatic rings. The SMILES string of the molecule is COc1cc(F)c(Br)c(F)c1N. The minimum atomic E-state index is -0.841. The van der Waals surface area contributed by atoms with Crippen LogP contribution in [0.4, 0.5) is 14.5 Å². The van der Waals surface area contributed by atoms with Crippen LogP contribution in [0.2, 0.25) is 0 Å². The van der Waals surface area contributed by atoms with Crippen molar-refractivity contribution in [1.29, 1.82) is 0 Å². The van der Waals surface area contributed by atoms with E-state index in [1.807, 2.05) is 0 Å². The van der Waals surface area contributed by atoms with E-state index >= 15 is 0 Å². The minimum Gasteiger partial charge on any atom is -0.494 e. The molecule has 0 atom stereocenters. The Balaban J connectivity index is 3.39. The molecule has 0 aliphatic heterocycles. The van der Waals surface area contributed by atoms with Gasteiger partial charge in [-0.1, -0.05) is 0 Å². The van der Waals surface area contributed by atoms with E-state index in [2.05, 4.69) is 20.7 Å². The molecule has 1 rings (SSSR count). The molecule has 0 aromatic heterocycles. The lowest BCUT2D eigenvalue weighted by Crippen LogP contribution is -1.98. The summed E-state index contributed by atoms with van der Waals surface area (Å²) in [5.41, 5.74) is 5.06. The van der Waals surface area contributed by atoms with Crippen molar-refractivity contribution in [2.75, 3.05) is 12.8 Å². The maximum Gasteiger partial charge on any atom is 0.167 e. The number of hydrogen-bond donors (Lipinski definition) is 1. The summed E-state index contributed by atoms with van der Waals surface area (Å²) in [6, 6.07) is 1.02. The van der Waals surface area contributed by atoms with Crippen molar-refractivity contribution in [3.63, 3.8) is 0 Å². The highest BCUT2D eigenvalue weighted by molar-refractivity contribution is 9.10. The molecular formula is C7H6BrF2NO. The van der Waals surface area contributed by atoms with Crippen LogP contribution in [0.25, 0.3) is 0 Å². The van der Waals surface area contributed by atoms with Gasteiger partial charge in [0.15, 0.2) is 5.82 Å². The van der Waals surface area contributed by atoms with Crippen LogP contribution in [-0.2, 0) is 0 Å². The van der Waals surface area contributed by atoms with Crippen LogP contribution < -0.4 is 10.5 Å². The fourth-order valence-electron chi connectivity index (χ4n) is 0.756. The molecule has 2 nitrogen and oxygen atoms in total. The first-order valence-corrected chi connectivity index (χ1v) is 3.84. The predicted molar refractivity (Wildman–Crippen MR) is 45.0 cm³/mol. The Labute approximate surface area is 76.4 Å². The zero-order valence-corrected chi connectivity index (χ0v) is 7.78. The Morgan fingerprint density at radius 3 is 2.58 bits per heavy atom. The third-order valence-electron chi connectivity index (χ3n) is 1.38. The average Bonchev–Trinajstić information content (AvgIpc) is 2.08. The molecule has 2 N–H and O–H groups in total. The zero-order chi connectivity index (χ0) is 9.30. The van der Waals surface area contributed by atoms with E-state index in [1.165, 1.54) is 7.11 Å². The quantitative estimate of drug-likeness (QED) is 0.601. The molecule has 0 aliphatic rings. The van der Waals surface area contributed by atoms with Crippen LogP contribution in [-0.4, -0.2) is 7.11 Å². The van der Waals surface area contributed by atoms with Gasteiger partial charge in [-0.25, -0.2) is 8.78 Å². The van der Waals surface area contributed by atoms with Crippen LogP contribution in [0, 0.1) is 11.6 Å². The van der Waals surface area contributed by atoms with Crippen molar-refractivity contribution in [2.24, 2.45) is 0 Å². The number of methoxy groups -OCH3 is 1. The van der Waals surface area contributed by atoms with E-state index in [4.69, 9.17) is 5.73 Å². The summed E-state index contributed by atoms with van der Waals surface area (Å²) in [4.78, 5) is 0. The van der Waals surface area contributed by atoms with Crippen LogP contribution in [0.1, 0.15) is 0 Å². The van der Waals surface area contributed by atoms with Gasteiger partial charge in [-0.15, -0.1) is 0 Å². The number of benzene rings is 1. The summed E-state index contributed by atoms with van der Waals surface area (Å²) in [7, 11) is 1.29. The Kier molecular flexibility index (Phi) is 2.52. The van der Waals surface area contributed by atoms with Gasteiger partial charge in [0.05, 0.1) is 11.6 Å². The van der Waals surface area contributed by atoms with Crippen molar-refractivity contribution in [2.45, 2.75) is 0 Å². The fraction of sp³-hybridized carbons (Fsp3) is 0.143. The number of rotatable bonds is 1. The topological polar surface area (TPSA) is 35.2 Å². The van der Waals surface area contributed by atoms with Gasteiger partial charge in [0, 0.05) is 6.07 Å². The number of hydrogen-bond acceptors (Lipinski definition) is 2. The van der Waals surface area contributed by atoms with Gasteiger partial charge in [-0.05, 0) is 15.9 Å². The van der Waals surface area contributed by atoms with E-state index < -0.39 is 11.6 Å². The summed E-state index contributed by atoms with van der Waals surface area (Å²) in [5, 5.41) is 0. The number of nitrogens with two attached hydrogens (primary N) is 1. The molecule has 0 unspecified atom stereocenters. The van der Waals surface area contributed by atoms with Gasteiger partial charge < -0.3 is 10.5 Å². The maximum atomic E-state index is 12.9. The number of halogens is 3. The van der Waals surface area contributed by atoms with E-state index in [1.54, 1.807) is 0 Å². The molecule has 0 fully saturated rings. The third kappa shape index (κ3) is 1.36. The van der Waals surface area contributed by atoms with E-state index in [9.17, 15) is 8.78 Å². The molecule has 0 bridgehead atoms. The van der Waals surface area contributed by atoms with Gasteiger partial charge in [0.25, 0.3) is 0 Å². The second kappa shape index (κ2) is 3.26. The second-order valence-corrected chi connectivity index (χ2v) is 2.90. The monoisotopic (exact) mass is 237 g/mol. The summed E-state index contributed by atoms with van der Waals surface area (Å²) >= 11 is 2.71. The molecule has 0 amide bonds. The van der Waals surface area contributed by atoms with Gasteiger partial charge in [-0.3, -0.25) is 0 Å². The molecule has 66 valence electrons. The Bertz CT molecular complexity index is 317.